The number of hydrogen-bond acceptors (Lipinski definition) is 4. The van der Waals surface area contributed by atoms with E-state index in [0.29, 0.717) is 43.2 Å². The van der Waals surface area contributed by atoms with Crippen LogP contribution < -0.4 is 5.32 Å². The van der Waals surface area contributed by atoms with E-state index in [1.807, 2.05) is 25.1 Å². The maximum Gasteiger partial charge on any atom is 0.233 e. The monoisotopic (exact) mass is 434 g/mol. The molecule has 154 valence electrons. The molecule has 0 aromatic heterocycles. The second kappa shape index (κ2) is 9.04. The smallest absolute Gasteiger partial charge is 0.233 e. The number of rotatable bonds is 5. The van der Waals surface area contributed by atoms with Crippen LogP contribution in [0, 0.1) is 5.82 Å². The summed E-state index contributed by atoms with van der Waals surface area (Å²) in [7, 11) is 0. The van der Waals surface area contributed by atoms with Crippen LogP contribution in [0.25, 0.3) is 0 Å². The lowest BCUT2D eigenvalue weighted by atomic mass is 10.0. The largest absolute Gasteiger partial charge is 0.376 e. The summed E-state index contributed by atoms with van der Waals surface area (Å²) in [5.41, 5.74) is 1.64. The third kappa shape index (κ3) is 4.61. The topological polar surface area (TPSA) is 41.6 Å². The zero-order chi connectivity index (χ0) is 20.4. The number of benzene rings is 2. The van der Waals surface area contributed by atoms with E-state index in [2.05, 4.69) is 16.3 Å². The van der Waals surface area contributed by atoms with Gasteiger partial charge in [0.15, 0.2) is 0 Å². The first-order chi connectivity index (χ1) is 14.0. The Bertz CT molecular complexity index is 852. The van der Waals surface area contributed by atoms with Gasteiger partial charge < -0.3 is 10.1 Å². The normalized spacial score (nSPS) is 22.9. The Kier molecular flexibility index (Phi) is 6.44. The van der Waals surface area contributed by atoms with Crippen LogP contribution in [0.15, 0.2) is 47.4 Å². The van der Waals surface area contributed by atoms with Gasteiger partial charge in [-0.3, -0.25) is 9.69 Å². The highest BCUT2D eigenvalue weighted by Gasteiger charge is 2.32. The van der Waals surface area contributed by atoms with E-state index >= 15 is 0 Å². The molecular formula is C22H24ClFN2O2S. The minimum atomic E-state index is -0.349. The van der Waals surface area contributed by atoms with Crippen LogP contribution in [0.2, 0.25) is 5.02 Å². The van der Waals surface area contributed by atoms with E-state index in [4.69, 9.17) is 16.3 Å². The lowest BCUT2D eigenvalue weighted by Gasteiger charge is -2.38. The van der Waals surface area contributed by atoms with Crippen LogP contribution in [0.1, 0.15) is 24.1 Å². The van der Waals surface area contributed by atoms with E-state index in [1.54, 1.807) is 23.9 Å². The van der Waals surface area contributed by atoms with Gasteiger partial charge in [-0.1, -0.05) is 35.9 Å². The number of carbonyl (C=O) groups is 1. The Morgan fingerprint density at radius 2 is 2.17 bits per heavy atom. The molecule has 0 saturated carbocycles. The second-order valence-corrected chi connectivity index (χ2v) is 9.14. The molecule has 2 aliphatic heterocycles. The first-order valence-corrected chi connectivity index (χ1v) is 11.1. The molecule has 7 heteroatoms. The van der Waals surface area contributed by atoms with Gasteiger partial charge in [0.05, 0.1) is 24.0 Å². The van der Waals surface area contributed by atoms with Crippen LogP contribution >= 0.6 is 23.4 Å². The maximum absolute atomic E-state index is 14.7. The quantitative estimate of drug-likeness (QED) is 0.770. The van der Waals surface area contributed by atoms with E-state index in [1.165, 1.54) is 11.6 Å². The van der Waals surface area contributed by atoms with E-state index in [9.17, 15) is 9.18 Å². The Hall–Kier alpha value is -1.60. The molecule has 4 nitrogen and oxygen atoms in total. The van der Waals surface area contributed by atoms with Crippen molar-refractivity contribution in [2.24, 2.45) is 0 Å². The number of nitrogens with one attached hydrogen (secondary N) is 1. The first-order valence-electron chi connectivity index (χ1n) is 9.84. The molecule has 0 spiro atoms. The zero-order valence-corrected chi connectivity index (χ0v) is 17.8. The number of nitrogens with zero attached hydrogens (tertiary/aromatic N) is 1. The molecule has 1 saturated heterocycles. The molecule has 3 unspecified atom stereocenters. The number of amides is 1. The van der Waals surface area contributed by atoms with Gasteiger partial charge in [0.25, 0.3) is 0 Å². The van der Waals surface area contributed by atoms with Crippen molar-refractivity contribution in [3.8, 4) is 0 Å². The number of thioether (sulfide) groups is 1. The van der Waals surface area contributed by atoms with Crippen molar-refractivity contribution in [2.45, 2.75) is 35.6 Å². The molecule has 1 fully saturated rings. The Balaban J connectivity index is 1.49. The number of ether oxygens (including phenoxy) is 1. The molecular weight excluding hydrogens is 411 g/mol. The number of morpholine rings is 1. The molecule has 1 amide bonds. The fourth-order valence-corrected chi connectivity index (χ4v) is 5.52. The van der Waals surface area contributed by atoms with E-state index in [0.717, 1.165) is 4.90 Å². The molecule has 29 heavy (non-hydrogen) atoms. The lowest BCUT2D eigenvalue weighted by molar-refractivity contribution is -0.121. The summed E-state index contributed by atoms with van der Waals surface area (Å²) < 4.78 is 20.3. The minimum absolute atomic E-state index is 0.0232. The van der Waals surface area contributed by atoms with Crippen molar-refractivity contribution in [2.75, 3.05) is 26.2 Å². The van der Waals surface area contributed by atoms with E-state index < -0.39 is 0 Å². The van der Waals surface area contributed by atoms with Crippen molar-refractivity contribution in [3.63, 3.8) is 0 Å². The predicted octanol–water partition coefficient (Wildman–Crippen LogP) is 4.07. The van der Waals surface area contributed by atoms with Gasteiger partial charge in [0, 0.05) is 35.1 Å². The highest BCUT2D eigenvalue weighted by molar-refractivity contribution is 8.01. The summed E-state index contributed by atoms with van der Waals surface area (Å²) in [5.74, 6) is -0.372. The molecule has 2 aromatic carbocycles. The van der Waals surface area contributed by atoms with Crippen LogP contribution in [0.4, 0.5) is 4.39 Å². The summed E-state index contributed by atoms with van der Waals surface area (Å²) >= 11 is 7.96. The fraction of sp³-hybridized carbons (Fsp3) is 0.409. The number of halogens is 2. The first kappa shape index (κ1) is 20.7. The highest BCUT2D eigenvalue weighted by Crippen LogP contribution is 2.37. The van der Waals surface area contributed by atoms with Crippen molar-refractivity contribution in [1.29, 1.82) is 0 Å². The Morgan fingerprint density at radius 3 is 2.93 bits per heavy atom. The van der Waals surface area contributed by atoms with Gasteiger partial charge >= 0.3 is 0 Å². The predicted molar refractivity (Wildman–Crippen MR) is 114 cm³/mol. The molecule has 0 radical (unpaired) electrons. The molecule has 2 heterocycles. The van der Waals surface area contributed by atoms with Crippen molar-refractivity contribution >= 4 is 29.3 Å². The summed E-state index contributed by atoms with van der Waals surface area (Å²) in [5, 5.41) is 3.28. The van der Waals surface area contributed by atoms with Crippen LogP contribution in [0.5, 0.6) is 0 Å². The molecule has 0 aliphatic carbocycles. The number of carbonyl (C=O) groups excluding carboxylic acids is 1. The Morgan fingerprint density at radius 1 is 1.34 bits per heavy atom. The van der Waals surface area contributed by atoms with Gasteiger partial charge in [-0.05, 0) is 37.1 Å². The molecule has 1 N–H and O–H groups in total. The minimum Gasteiger partial charge on any atom is -0.376 e. The SMILES string of the molecule is CC1CN(C(CNC(=O)C2Cc3ccccc3S2)c2c(F)cccc2Cl)CCO1. The summed E-state index contributed by atoms with van der Waals surface area (Å²) in [6.45, 7) is 4.20. The highest BCUT2D eigenvalue weighted by atomic mass is 35.5. The van der Waals surface area contributed by atoms with Gasteiger partial charge in [0.2, 0.25) is 5.91 Å². The third-order valence-corrected chi connectivity index (χ3v) is 7.10. The van der Waals surface area contributed by atoms with Crippen LogP contribution in [-0.2, 0) is 16.0 Å². The zero-order valence-electron chi connectivity index (χ0n) is 16.2. The van der Waals surface area contributed by atoms with Gasteiger partial charge in [-0.25, -0.2) is 4.39 Å². The van der Waals surface area contributed by atoms with Crippen LogP contribution in [0.3, 0.4) is 0 Å². The summed E-state index contributed by atoms with van der Waals surface area (Å²) in [4.78, 5) is 16.2. The van der Waals surface area contributed by atoms with Crippen molar-refractivity contribution in [1.82, 2.24) is 10.2 Å². The molecule has 2 aromatic rings. The Labute approximate surface area is 179 Å². The molecule has 0 bridgehead atoms. The standard InChI is InChI=1S/C22H24ClFN2O2S/c1-14-13-26(9-10-28-14)18(21-16(23)6-4-7-17(21)24)12-25-22(27)20-11-15-5-2-3-8-19(15)29-20/h2-8,14,18,20H,9-13H2,1H3,(H,25,27). The van der Waals surface area contributed by atoms with Crippen molar-refractivity contribution < 1.29 is 13.9 Å². The van der Waals surface area contributed by atoms with Crippen molar-refractivity contribution in [3.05, 3.63) is 64.4 Å². The average molecular weight is 435 g/mol. The lowest BCUT2D eigenvalue weighted by Crippen LogP contribution is -2.47. The molecule has 3 atom stereocenters. The molecule has 4 rings (SSSR count). The third-order valence-electron chi connectivity index (χ3n) is 5.46. The maximum atomic E-state index is 14.7. The number of hydrogen-bond donors (Lipinski definition) is 1. The fourth-order valence-electron chi connectivity index (χ4n) is 4.01. The van der Waals surface area contributed by atoms with Gasteiger partial charge in [-0.15, -0.1) is 11.8 Å². The van der Waals surface area contributed by atoms with E-state index in [-0.39, 0.29) is 29.1 Å². The second-order valence-electron chi connectivity index (χ2n) is 7.49. The average Bonchev–Trinajstić information content (AvgIpc) is 3.14. The van der Waals surface area contributed by atoms with Gasteiger partial charge in [-0.2, -0.15) is 0 Å². The number of fused-ring (bicyclic) bond motifs is 1. The summed E-state index contributed by atoms with van der Waals surface area (Å²) in [6, 6.07) is 12.5. The molecule has 2 aliphatic rings. The van der Waals surface area contributed by atoms with Gasteiger partial charge in [0.1, 0.15) is 5.82 Å². The summed E-state index contributed by atoms with van der Waals surface area (Å²) in [6.07, 6.45) is 0.763. The van der Waals surface area contributed by atoms with Crippen LogP contribution in [-0.4, -0.2) is 48.4 Å².